The van der Waals surface area contributed by atoms with E-state index in [4.69, 9.17) is 23.2 Å². The lowest BCUT2D eigenvalue weighted by Crippen LogP contribution is -2.20. The van der Waals surface area contributed by atoms with E-state index in [9.17, 15) is 9.90 Å². The number of carboxylic acids is 1. The van der Waals surface area contributed by atoms with Crippen molar-refractivity contribution in [2.24, 2.45) is 0 Å². The topological polar surface area (TPSA) is 58.4 Å². The fourth-order valence-electron chi connectivity index (χ4n) is 3.26. The smallest absolute Gasteiger partial charge is 0.358 e. The third-order valence-corrected chi connectivity index (χ3v) is 5.62. The minimum Gasteiger partial charge on any atom is -0.476 e. The van der Waals surface area contributed by atoms with Crippen LogP contribution < -0.4 is 4.90 Å². The molecule has 0 aliphatic heterocycles. The molecule has 0 saturated carbocycles. The summed E-state index contributed by atoms with van der Waals surface area (Å²) in [5.74, 6) is -0.674. The fraction of sp³-hybridized carbons (Fsp3) is 0.238. The lowest BCUT2D eigenvalue weighted by atomic mass is 10.1. The second-order valence-corrected chi connectivity index (χ2v) is 8.60. The van der Waals surface area contributed by atoms with E-state index in [0.717, 1.165) is 22.5 Å². The second kappa shape index (κ2) is 8.38. The molecule has 152 valence electrons. The number of halogens is 3. The van der Waals surface area contributed by atoms with Crippen LogP contribution in [0.5, 0.6) is 0 Å². The van der Waals surface area contributed by atoms with Crippen molar-refractivity contribution < 1.29 is 9.90 Å². The molecule has 0 saturated heterocycles. The summed E-state index contributed by atoms with van der Waals surface area (Å²) >= 11 is 15.9. The van der Waals surface area contributed by atoms with E-state index in [1.165, 1.54) is 0 Å². The molecule has 0 atom stereocenters. The van der Waals surface area contributed by atoms with Crippen molar-refractivity contribution >= 4 is 62.3 Å². The van der Waals surface area contributed by atoms with Crippen LogP contribution in [0.2, 0.25) is 10.0 Å². The fourth-order valence-corrected chi connectivity index (χ4v) is 4.41. The van der Waals surface area contributed by atoms with Gasteiger partial charge in [0, 0.05) is 16.1 Å². The van der Waals surface area contributed by atoms with Crippen LogP contribution in [0.25, 0.3) is 0 Å². The van der Waals surface area contributed by atoms with Gasteiger partial charge in [-0.25, -0.2) is 9.78 Å². The van der Waals surface area contributed by atoms with E-state index in [1.54, 1.807) is 12.1 Å². The molecule has 3 rings (SSSR count). The standard InChI is InChI=1S/C21H20BrCl2N3O2/c1-11(2)26-19(18(20(28)29)25-21(26)22)27(16-8-7-14(23)9-13(16)4)17-10-15(24)6-5-12(17)3/h5-11H,1-4H3,(H,28,29). The van der Waals surface area contributed by atoms with Crippen molar-refractivity contribution in [2.45, 2.75) is 33.7 Å². The van der Waals surface area contributed by atoms with Gasteiger partial charge in [0.25, 0.3) is 0 Å². The number of hydrogen-bond acceptors (Lipinski definition) is 3. The van der Waals surface area contributed by atoms with E-state index >= 15 is 0 Å². The van der Waals surface area contributed by atoms with Crippen LogP contribution in [-0.2, 0) is 0 Å². The molecule has 0 aliphatic rings. The molecule has 0 spiro atoms. The van der Waals surface area contributed by atoms with Crippen molar-refractivity contribution in [3.05, 3.63) is 68.0 Å². The van der Waals surface area contributed by atoms with Crippen LogP contribution in [0, 0.1) is 13.8 Å². The molecule has 0 radical (unpaired) electrons. The summed E-state index contributed by atoms with van der Waals surface area (Å²) in [5.41, 5.74) is 3.32. The lowest BCUT2D eigenvalue weighted by Gasteiger charge is -2.30. The van der Waals surface area contributed by atoms with Crippen LogP contribution >= 0.6 is 39.1 Å². The first-order valence-corrected chi connectivity index (χ1v) is 10.5. The first-order valence-electron chi connectivity index (χ1n) is 8.95. The highest BCUT2D eigenvalue weighted by molar-refractivity contribution is 9.10. The molecular weight excluding hydrogens is 477 g/mol. The van der Waals surface area contributed by atoms with Gasteiger partial charge in [-0.2, -0.15) is 0 Å². The number of carboxylic acid groups (broad SMARTS) is 1. The summed E-state index contributed by atoms with van der Waals surface area (Å²) in [5, 5.41) is 11.0. The summed E-state index contributed by atoms with van der Waals surface area (Å²) in [6, 6.07) is 11.0. The number of rotatable bonds is 5. The van der Waals surface area contributed by atoms with E-state index < -0.39 is 5.97 Å². The molecule has 1 aromatic heterocycles. The van der Waals surface area contributed by atoms with Gasteiger partial charge in [0.15, 0.2) is 16.2 Å². The van der Waals surface area contributed by atoms with Crippen LogP contribution in [0.15, 0.2) is 41.1 Å². The van der Waals surface area contributed by atoms with Crippen LogP contribution in [-0.4, -0.2) is 20.6 Å². The Morgan fingerprint density at radius 1 is 1.07 bits per heavy atom. The van der Waals surface area contributed by atoms with Gasteiger partial charge in [0.05, 0.1) is 11.4 Å². The molecule has 0 aliphatic carbocycles. The third kappa shape index (κ3) is 4.15. The number of carbonyl (C=O) groups is 1. The summed E-state index contributed by atoms with van der Waals surface area (Å²) in [7, 11) is 0. The SMILES string of the molecule is Cc1cc(Cl)ccc1N(c1cc(Cl)ccc1C)c1c(C(=O)O)nc(Br)n1C(C)C. The van der Waals surface area contributed by atoms with Gasteiger partial charge < -0.3 is 9.67 Å². The Balaban J connectivity index is 2.45. The van der Waals surface area contributed by atoms with Gasteiger partial charge >= 0.3 is 5.97 Å². The lowest BCUT2D eigenvalue weighted by molar-refractivity contribution is 0.0692. The monoisotopic (exact) mass is 495 g/mol. The number of hydrogen-bond donors (Lipinski definition) is 1. The quantitative estimate of drug-likeness (QED) is 0.402. The maximum atomic E-state index is 12.1. The van der Waals surface area contributed by atoms with Crippen molar-refractivity contribution in [1.82, 2.24) is 9.55 Å². The molecule has 1 N–H and O–H groups in total. The summed E-state index contributed by atoms with van der Waals surface area (Å²) in [6.07, 6.45) is 0. The summed E-state index contributed by atoms with van der Waals surface area (Å²) < 4.78 is 2.29. The number of aromatic nitrogens is 2. The average Bonchev–Trinajstić information content (AvgIpc) is 2.97. The zero-order chi connectivity index (χ0) is 21.5. The molecule has 1 heterocycles. The zero-order valence-electron chi connectivity index (χ0n) is 16.4. The predicted molar refractivity (Wildman–Crippen MR) is 121 cm³/mol. The highest BCUT2D eigenvalue weighted by atomic mass is 79.9. The number of aryl methyl sites for hydroxylation is 2. The van der Waals surface area contributed by atoms with E-state index in [0.29, 0.717) is 20.6 Å². The maximum absolute atomic E-state index is 12.1. The maximum Gasteiger partial charge on any atom is 0.358 e. The average molecular weight is 497 g/mol. The largest absolute Gasteiger partial charge is 0.476 e. The predicted octanol–water partition coefficient (Wildman–Crippen LogP) is 7.32. The molecule has 29 heavy (non-hydrogen) atoms. The minimum atomic E-state index is -1.11. The van der Waals surface area contributed by atoms with Crippen molar-refractivity contribution in [3.63, 3.8) is 0 Å². The Morgan fingerprint density at radius 2 is 1.69 bits per heavy atom. The van der Waals surface area contributed by atoms with Gasteiger partial charge in [0.2, 0.25) is 0 Å². The zero-order valence-corrected chi connectivity index (χ0v) is 19.5. The second-order valence-electron chi connectivity index (χ2n) is 7.02. The normalized spacial score (nSPS) is 11.2. The number of benzene rings is 2. The minimum absolute atomic E-state index is 0.0467. The Labute approximate surface area is 188 Å². The molecule has 0 fully saturated rings. The van der Waals surface area contributed by atoms with E-state index in [2.05, 4.69) is 20.9 Å². The van der Waals surface area contributed by atoms with Gasteiger partial charge in [-0.15, -0.1) is 0 Å². The van der Waals surface area contributed by atoms with Gasteiger partial charge in [-0.3, -0.25) is 4.90 Å². The Bertz CT molecular complexity index is 1100. The first-order chi connectivity index (χ1) is 13.6. The summed E-state index contributed by atoms with van der Waals surface area (Å²) in [6.45, 7) is 7.83. The highest BCUT2D eigenvalue weighted by Gasteiger charge is 2.30. The number of anilines is 3. The number of nitrogens with zero attached hydrogens (tertiary/aromatic N) is 3. The molecule has 3 aromatic rings. The molecule has 5 nitrogen and oxygen atoms in total. The van der Waals surface area contributed by atoms with Crippen LogP contribution in [0.3, 0.4) is 0 Å². The Kier molecular flexibility index (Phi) is 6.27. The molecular formula is C21H20BrCl2N3O2. The molecule has 0 unspecified atom stereocenters. The van der Waals surface area contributed by atoms with Crippen molar-refractivity contribution in [1.29, 1.82) is 0 Å². The number of aromatic carboxylic acids is 1. The van der Waals surface area contributed by atoms with E-state index in [-0.39, 0.29) is 11.7 Å². The van der Waals surface area contributed by atoms with Crippen LogP contribution in [0.4, 0.5) is 17.2 Å². The first kappa shape index (κ1) is 21.7. The highest BCUT2D eigenvalue weighted by Crippen LogP contribution is 2.43. The molecule has 0 amide bonds. The van der Waals surface area contributed by atoms with Gasteiger partial charge in [0.1, 0.15) is 0 Å². The van der Waals surface area contributed by atoms with Gasteiger partial charge in [-0.05, 0) is 85.1 Å². The Morgan fingerprint density at radius 3 is 2.28 bits per heavy atom. The van der Waals surface area contributed by atoms with E-state index in [1.807, 2.05) is 61.4 Å². The van der Waals surface area contributed by atoms with Gasteiger partial charge in [-0.1, -0.05) is 29.3 Å². The third-order valence-electron chi connectivity index (χ3n) is 4.59. The number of imidazole rings is 1. The molecule has 8 heteroatoms. The summed E-state index contributed by atoms with van der Waals surface area (Å²) in [4.78, 5) is 18.3. The van der Waals surface area contributed by atoms with Crippen molar-refractivity contribution in [3.8, 4) is 0 Å². The van der Waals surface area contributed by atoms with Crippen LogP contribution in [0.1, 0.15) is 41.5 Å². The molecule has 0 bridgehead atoms. The molecule has 2 aromatic carbocycles. The van der Waals surface area contributed by atoms with Crippen molar-refractivity contribution in [2.75, 3.05) is 4.90 Å². The Hall–Kier alpha value is -2.02.